The Morgan fingerprint density at radius 3 is 3.04 bits per heavy atom. The van der Waals surface area contributed by atoms with Crippen molar-refractivity contribution in [1.82, 2.24) is 10.3 Å². The summed E-state index contributed by atoms with van der Waals surface area (Å²) >= 11 is 1.59. The van der Waals surface area contributed by atoms with Crippen LogP contribution in [0.25, 0.3) is 10.8 Å². The number of thiazole rings is 1. The Morgan fingerprint density at radius 1 is 1.35 bits per heavy atom. The Labute approximate surface area is 156 Å². The third-order valence-electron chi connectivity index (χ3n) is 4.63. The van der Waals surface area contributed by atoms with E-state index in [4.69, 9.17) is 4.42 Å². The van der Waals surface area contributed by atoms with E-state index in [1.54, 1.807) is 17.6 Å². The Morgan fingerprint density at radius 2 is 2.27 bits per heavy atom. The number of aromatic nitrogens is 1. The van der Waals surface area contributed by atoms with E-state index in [1.165, 1.54) is 5.56 Å². The molecule has 0 saturated carbocycles. The number of furan rings is 1. The van der Waals surface area contributed by atoms with E-state index in [0.717, 1.165) is 35.1 Å². The van der Waals surface area contributed by atoms with Crippen LogP contribution in [-0.4, -0.2) is 17.4 Å². The van der Waals surface area contributed by atoms with Crippen molar-refractivity contribution in [1.29, 1.82) is 0 Å². The Balaban J connectivity index is 1.40. The van der Waals surface area contributed by atoms with Gasteiger partial charge in [0.05, 0.1) is 12.0 Å². The van der Waals surface area contributed by atoms with Crippen LogP contribution in [0.4, 0.5) is 5.69 Å². The molecule has 1 aliphatic heterocycles. The van der Waals surface area contributed by atoms with Crippen LogP contribution < -0.4 is 10.2 Å². The maximum Gasteiger partial charge on any atom is 0.227 e. The molecule has 0 bridgehead atoms. The second-order valence-corrected chi connectivity index (χ2v) is 7.33. The fourth-order valence-electron chi connectivity index (χ4n) is 3.16. The lowest BCUT2D eigenvalue weighted by Crippen LogP contribution is -2.24. The molecule has 26 heavy (non-hydrogen) atoms. The van der Waals surface area contributed by atoms with Gasteiger partial charge in [0.25, 0.3) is 0 Å². The number of nitrogens with zero attached hydrogens (tertiary/aromatic N) is 2. The summed E-state index contributed by atoms with van der Waals surface area (Å²) in [5.41, 5.74) is 3.16. The van der Waals surface area contributed by atoms with Gasteiger partial charge in [0.1, 0.15) is 0 Å². The maximum absolute atomic E-state index is 12.0. The molecule has 0 aliphatic carbocycles. The van der Waals surface area contributed by atoms with Crippen LogP contribution in [0.15, 0.2) is 52.5 Å². The smallest absolute Gasteiger partial charge is 0.227 e. The van der Waals surface area contributed by atoms with Crippen molar-refractivity contribution in [3.05, 3.63) is 59.3 Å². The van der Waals surface area contributed by atoms with Gasteiger partial charge in [-0.15, -0.1) is 11.3 Å². The molecule has 0 radical (unpaired) electrons. The van der Waals surface area contributed by atoms with Crippen LogP contribution in [0, 0.1) is 0 Å². The van der Waals surface area contributed by atoms with Gasteiger partial charge in [0.2, 0.25) is 5.91 Å². The van der Waals surface area contributed by atoms with Gasteiger partial charge in [-0.1, -0.05) is 12.1 Å². The molecule has 1 fully saturated rings. The Bertz CT molecular complexity index is 888. The van der Waals surface area contributed by atoms with Crippen molar-refractivity contribution in [2.75, 3.05) is 11.4 Å². The number of nitrogens with one attached hydrogen (secondary N) is 1. The predicted molar refractivity (Wildman–Crippen MR) is 103 cm³/mol. The highest BCUT2D eigenvalue weighted by atomic mass is 32.1. The second-order valence-electron chi connectivity index (χ2n) is 6.47. The minimum Gasteiger partial charge on any atom is -0.462 e. The molecule has 0 spiro atoms. The average Bonchev–Trinajstić information content (AvgIpc) is 3.40. The number of hydrogen-bond acceptors (Lipinski definition) is 5. The summed E-state index contributed by atoms with van der Waals surface area (Å²) in [6.07, 6.45) is 3.26. The molecule has 3 aromatic rings. The highest BCUT2D eigenvalue weighted by Crippen LogP contribution is 2.26. The molecular weight excluding hydrogens is 346 g/mol. The largest absolute Gasteiger partial charge is 0.462 e. The van der Waals surface area contributed by atoms with Gasteiger partial charge < -0.3 is 14.6 Å². The van der Waals surface area contributed by atoms with Crippen LogP contribution in [0.5, 0.6) is 0 Å². The van der Waals surface area contributed by atoms with Crippen LogP contribution in [-0.2, 0) is 11.3 Å². The molecule has 1 amide bonds. The fraction of sp³-hybridized carbons (Fsp3) is 0.300. The number of hydrogen-bond donors (Lipinski definition) is 1. The lowest BCUT2D eigenvalue weighted by molar-refractivity contribution is -0.117. The first kappa shape index (κ1) is 17.0. The van der Waals surface area contributed by atoms with Crippen LogP contribution in [0.1, 0.15) is 37.1 Å². The molecule has 1 saturated heterocycles. The summed E-state index contributed by atoms with van der Waals surface area (Å²) in [4.78, 5) is 18.5. The highest BCUT2D eigenvalue weighted by molar-refractivity contribution is 7.13. The zero-order valence-corrected chi connectivity index (χ0v) is 15.5. The summed E-state index contributed by atoms with van der Waals surface area (Å²) in [6.45, 7) is 3.63. The third-order valence-corrected chi connectivity index (χ3v) is 5.53. The van der Waals surface area contributed by atoms with Crippen molar-refractivity contribution >= 4 is 22.9 Å². The number of carbonyl (C=O) groups is 1. The molecule has 134 valence electrons. The minimum absolute atomic E-state index is 0.168. The number of carbonyl (C=O) groups excluding carboxylic acids is 1. The van der Waals surface area contributed by atoms with E-state index in [9.17, 15) is 4.79 Å². The molecule has 6 heteroatoms. The third kappa shape index (κ3) is 3.57. The Kier molecular flexibility index (Phi) is 4.86. The zero-order valence-electron chi connectivity index (χ0n) is 14.6. The monoisotopic (exact) mass is 367 g/mol. The number of anilines is 1. The van der Waals surface area contributed by atoms with Gasteiger partial charge in [-0.05, 0) is 43.2 Å². The second kappa shape index (κ2) is 7.43. The van der Waals surface area contributed by atoms with Gasteiger partial charge in [0, 0.05) is 36.6 Å². The quantitative estimate of drug-likeness (QED) is 0.702. The molecule has 4 rings (SSSR count). The van der Waals surface area contributed by atoms with Crippen molar-refractivity contribution in [2.24, 2.45) is 0 Å². The predicted octanol–water partition coefficient (Wildman–Crippen LogP) is 4.38. The van der Waals surface area contributed by atoms with Crippen LogP contribution in [0.3, 0.4) is 0 Å². The van der Waals surface area contributed by atoms with E-state index in [1.807, 2.05) is 29.2 Å². The van der Waals surface area contributed by atoms with Crippen molar-refractivity contribution in [3.8, 4) is 10.8 Å². The Hall–Kier alpha value is -2.44. The van der Waals surface area contributed by atoms with E-state index in [-0.39, 0.29) is 11.9 Å². The zero-order chi connectivity index (χ0) is 17.9. The normalized spacial score (nSPS) is 15.6. The summed E-state index contributed by atoms with van der Waals surface area (Å²) in [5, 5.41) is 6.46. The highest BCUT2D eigenvalue weighted by Gasteiger charge is 2.22. The van der Waals surface area contributed by atoms with Gasteiger partial charge in [0.15, 0.2) is 10.8 Å². The molecule has 1 unspecified atom stereocenters. The summed E-state index contributed by atoms with van der Waals surface area (Å²) < 4.78 is 5.39. The molecule has 1 aromatic carbocycles. The van der Waals surface area contributed by atoms with E-state index in [0.29, 0.717) is 13.0 Å². The van der Waals surface area contributed by atoms with Gasteiger partial charge in [-0.3, -0.25) is 4.79 Å². The van der Waals surface area contributed by atoms with Crippen LogP contribution in [0.2, 0.25) is 0 Å². The average molecular weight is 367 g/mol. The van der Waals surface area contributed by atoms with Gasteiger partial charge in [-0.25, -0.2) is 4.98 Å². The SMILES string of the molecule is CC(NCc1csc(-c2ccco2)n1)c1cccc(N2CCCC2=O)c1. The molecule has 3 heterocycles. The summed E-state index contributed by atoms with van der Waals surface area (Å²) in [7, 11) is 0. The summed E-state index contributed by atoms with van der Waals surface area (Å²) in [6, 6.07) is 12.2. The summed E-state index contributed by atoms with van der Waals surface area (Å²) in [5.74, 6) is 1.02. The lowest BCUT2D eigenvalue weighted by atomic mass is 10.1. The number of benzene rings is 1. The first-order valence-electron chi connectivity index (χ1n) is 8.83. The van der Waals surface area contributed by atoms with E-state index in [2.05, 4.69) is 34.7 Å². The molecule has 1 aliphatic rings. The number of amides is 1. The molecular formula is C20H21N3O2S. The van der Waals surface area contributed by atoms with Gasteiger partial charge in [-0.2, -0.15) is 0 Å². The lowest BCUT2D eigenvalue weighted by Gasteiger charge is -2.19. The van der Waals surface area contributed by atoms with E-state index >= 15 is 0 Å². The minimum atomic E-state index is 0.168. The van der Waals surface area contributed by atoms with Crippen molar-refractivity contribution in [2.45, 2.75) is 32.4 Å². The maximum atomic E-state index is 12.0. The van der Waals surface area contributed by atoms with Crippen LogP contribution >= 0.6 is 11.3 Å². The van der Waals surface area contributed by atoms with Gasteiger partial charge >= 0.3 is 0 Å². The first-order chi connectivity index (χ1) is 12.7. The molecule has 1 atom stereocenters. The molecule has 2 aromatic heterocycles. The molecule has 1 N–H and O–H groups in total. The first-order valence-corrected chi connectivity index (χ1v) is 9.70. The van der Waals surface area contributed by atoms with Crippen molar-refractivity contribution < 1.29 is 9.21 Å². The molecule has 5 nitrogen and oxygen atoms in total. The number of rotatable bonds is 6. The van der Waals surface area contributed by atoms with Crippen molar-refractivity contribution in [3.63, 3.8) is 0 Å². The topological polar surface area (TPSA) is 58.4 Å². The fourth-order valence-corrected chi connectivity index (χ4v) is 3.95. The standard InChI is InChI=1S/C20H21N3O2S/c1-14(15-5-2-6-17(11-15)23-9-3-8-19(23)24)21-12-16-13-26-20(22-16)18-7-4-10-25-18/h2,4-7,10-11,13-14,21H,3,8-9,12H2,1H3. The van der Waals surface area contributed by atoms with E-state index < -0.39 is 0 Å².